The van der Waals surface area contributed by atoms with Gasteiger partial charge in [-0.25, -0.2) is 14.2 Å². The molecule has 30 heavy (non-hydrogen) atoms. The molecule has 0 aliphatic rings. The summed E-state index contributed by atoms with van der Waals surface area (Å²) in [6.45, 7) is -0.732. The van der Waals surface area contributed by atoms with Crippen molar-refractivity contribution in [2.45, 2.75) is 12.6 Å². The van der Waals surface area contributed by atoms with Crippen molar-refractivity contribution in [1.29, 1.82) is 0 Å². The number of aliphatic hydroxyl groups is 1. The van der Waals surface area contributed by atoms with Crippen LogP contribution in [0.3, 0.4) is 0 Å². The Kier molecular flexibility index (Phi) is 6.67. The maximum atomic E-state index is 14.7. The van der Waals surface area contributed by atoms with Crippen LogP contribution in [-0.4, -0.2) is 60.4 Å². The lowest BCUT2D eigenvalue weighted by Crippen LogP contribution is -2.47. The number of hydrazine groups is 1. The Bertz CT molecular complexity index is 1050. The lowest BCUT2D eigenvalue weighted by molar-refractivity contribution is -0.148. The molecule has 0 saturated carbocycles. The maximum Gasteiger partial charge on any atom is 0.333 e. The first-order valence-electron chi connectivity index (χ1n) is 8.58. The van der Waals surface area contributed by atoms with Gasteiger partial charge in [-0.15, -0.1) is 10.2 Å². The molecule has 0 saturated heterocycles. The van der Waals surface area contributed by atoms with Crippen LogP contribution in [0.2, 0.25) is 5.02 Å². The molecule has 12 heteroatoms. The third kappa shape index (κ3) is 5.35. The van der Waals surface area contributed by atoms with Gasteiger partial charge in [-0.2, -0.15) is 5.21 Å². The average Bonchev–Trinajstić information content (AvgIpc) is 3.24. The number of nitrogens with zero attached hydrogens (tertiary/aromatic N) is 4. The minimum absolute atomic E-state index is 0.159. The Morgan fingerprint density at radius 1 is 1.23 bits per heavy atom. The van der Waals surface area contributed by atoms with Crippen LogP contribution in [0, 0.1) is 5.82 Å². The number of hydrogen-bond acceptors (Lipinski definition) is 7. The van der Waals surface area contributed by atoms with Crippen molar-refractivity contribution in [1.82, 2.24) is 31.1 Å². The summed E-state index contributed by atoms with van der Waals surface area (Å²) >= 11 is 5.97. The number of tetrazole rings is 1. The van der Waals surface area contributed by atoms with Crippen molar-refractivity contribution in [2.24, 2.45) is 0 Å². The second-order valence-electron chi connectivity index (χ2n) is 6.23. The highest BCUT2D eigenvalue weighted by Gasteiger charge is 2.22. The van der Waals surface area contributed by atoms with Crippen LogP contribution in [0.4, 0.5) is 4.39 Å². The highest BCUT2D eigenvalue weighted by Crippen LogP contribution is 2.25. The van der Waals surface area contributed by atoms with Crippen molar-refractivity contribution in [3.05, 3.63) is 64.7 Å². The van der Waals surface area contributed by atoms with Crippen LogP contribution in [0.1, 0.15) is 16.2 Å². The van der Waals surface area contributed by atoms with Gasteiger partial charge in [-0.05, 0) is 34.5 Å². The predicted molar refractivity (Wildman–Crippen MR) is 103 cm³/mol. The number of hydrogen-bond donors (Lipinski definition) is 4. The van der Waals surface area contributed by atoms with Gasteiger partial charge >= 0.3 is 11.9 Å². The highest BCUT2D eigenvalue weighted by atomic mass is 35.5. The number of nitrogens with one attached hydrogen (secondary N) is 2. The molecule has 10 nitrogen and oxygen atoms in total. The van der Waals surface area contributed by atoms with Crippen LogP contribution in [0.5, 0.6) is 0 Å². The number of H-pyrrole nitrogens is 1. The Morgan fingerprint density at radius 3 is 2.63 bits per heavy atom. The van der Waals surface area contributed by atoms with E-state index in [2.05, 4.69) is 26.0 Å². The fourth-order valence-electron chi connectivity index (χ4n) is 2.62. The van der Waals surface area contributed by atoms with Crippen LogP contribution in [0.15, 0.2) is 42.5 Å². The summed E-state index contributed by atoms with van der Waals surface area (Å²) in [6.07, 6.45) is -1.82. The number of halogens is 2. The second kappa shape index (κ2) is 9.39. The van der Waals surface area contributed by atoms with Crippen LogP contribution < -0.4 is 5.43 Å². The van der Waals surface area contributed by atoms with E-state index < -0.39 is 30.3 Å². The fraction of sp³-hybridized carbons (Fsp3) is 0.167. The molecule has 0 radical (unpaired) electrons. The molecular formula is C18H16ClFN6O4. The smallest absolute Gasteiger partial charge is 0.333 e. The lowest BCUT2D eigenvalue weighted by atomic mass is 10.0. The number of aromatic amines is 1. The molecule has 1 unspecified atom stereocenters. The Labute approximate surface area is 174 Å². The Morgan fingerprint density at radius 2 is 2.00 bits per heavy atom. The van der Waals surface area contributed by atoms with E-state index in [0.717, 1.165) is 10.6 Å². The number of carboxylic acids is 1. The predicted octanol–water partition coefficient (Wildman–Crippen LogP) is 1.25. The molecule has 0 aliphatic heterocycles. The summed E-state index contributed by atoms with van der Waals surface area (Å²) in [6, 6.07) is 11.4. The zero-order chi connectivity index (χ0) is 21.7. The summed E-state index contributed by atoms with van der Waals surface area (Å²) in [5.41, 5.74) is 3.80. The molecule has 2 aromatic carbocycles. The number of benzene rings is 2. The molecule has 0 bridgehead atoms. The molecule has 1 atom stereocenters. The van der Waals surface area contributed by atoms with E-state index in [9.17, 15) is 19.1 Å². The topological polar surface area (TPSA) is 144 Å². The van der Waals surface area contributed by atoms with E-state index >= 15 is 0 Å². The van der Waals surface area contributed by atoms with Gasteiger partial charge in [0, 0.05) is 17.1 Å². The van der Waals surface area contributed by atoms with Gasteiger partial charge in [0.05, 0.1) is 6.54 Å². The summed E-state index contributed by atoms with van der Waals surface area (Å²) in [5, 5.41) is 32.5. The third-order valence-corrected chi connectivity index (χ3v) is 4.29. The molecule has 3 aromatic rings. The monoisotopic (exact) mass is 434 g/mol. The van der Waals surface area contributed by atoms with E-state index in [4.69, 9.17) is 16.7 Å². The number of rotatable bonds is 8. The molecule has 0 spiro atoms. The third-order valence-electron chi connectivity index (χ3n) is 4.06. The number of aromatic nitrogens is 4. The number of amides is 1. The first-order chi connectivity index (χ1) is 14.3. The number of carbonyl (C=O) groups excluding carboxylic acids is 1. The van der Waals surface area contributed by atoms with E-state index in [1.165, 1.54) is 12.1 Å². The van der Waals surface area contributed by atoms with Crippen molar-refractivity contribution in [3.8, 4) is 11.1 Å². The first kappa shape index (κ1) is 21.3. The molecule has 1 amide bonds. The van der Waals surface area contributed by atoms with E-state index in [1.807, 2.05) is 0 Å². The second-order valence-corrected chi connectivity index (χ2v) is 6.66. The van der Waals surface area contributed by atoms with Gasteiger partial charge in [0.25, 0.3) is 5.82 Å². The largest absolute Gasteiger partial charge is 0.479 e. The zero-order valence-electron chi connectivity index (χ0n) is 15.3. The minimum atomic E-state index is -1.82. The molecule has 1 heterocycles. The van der Waals surface area contributed by atoms with E-state index in [-0.39, 0.29) is 17.9 Å². The minimum Gasteiger partial charge on any atom is -0.479 e. The van der Waals surface area contributed by atoms with Gasteiger partial charge in [0.15, 0.2) is 6.10 Å². The standard InChI is InChI=1S/C18H16ClFN6O4/c19-13-3-1-2-10(6-13)11-4-5-12(14(20)7-11)8-26(9-15(27)18(29)30)23-17(28)16-21-24-25-22-16/h1-7,15,27H,8-9H2,(H,23,28)(H,29,30)(H,21,22,24,25). The summed E-state index contributed by atoms with van der Waals surface area (Å²) in [5.74, 6) is -3.19. The highest BCUT2D eigenvalue weighted by molar-refractivity contribution is 6.30. The number of aliphatic hydroxyl groups excluding tert-OH is 1. The van der Waals surface area contributed by atoms with Gasteiger partial charge in [0.1, 0.15) is 5.82 Å². The number of carboxylic acid groups (broad SMARTS) is 1. The van der Waals surface area contributed by atoms with Crippen molar-refractivity contribution in [3.63, 3.8) is 0 Å². The van der Waals surface area contributed by atoms with Crippen LogP contribution in [-0.2, 0) is 11.3 Å². The van der Waals surface area contributed by atoms with Crippen molar-refractivity contribution < 1.29 is 24.2 Å². The Balaban J connectivity index is 1.80. The van der Waals surface area contributed by atoms with Gasteiger partial charge in [-0.1, -0.05) is 35.9 Å². The number of carbonyl (C=O) groups is 2. The van der Waals surface area contributed by atoms with E-state index in [0.29, 0.717) is 10.6 Å². The maximum absolute atomic E-state index is 14.7. The normalized spacial score (nSPS) is 12.0. The van der Waals surface area contributed by atoms with Gasteiger partial charge in [0.2, 0.25) is 0 Å². The molecule has 0 aliphatic carbocycles. The van der Waals surface area contributed by atoms with Crippen LogP contribution in [0.25, 0.3) is 11.1 Å². The van der Waals surface area contributed by atoms with Gasteiger partial charge in [-0.3, -0.25) is 10.2 Å². The Hall–Kier alpha value is -3.41. The molecular weight excluding hydrogens is 419 g/mol. The molecule has 3 rings (SSSR count). The SMILES string of the molecule is O=C(NN(Cc1ccc(-c2cccc(Cl)c2)cc1F)CC(O)C(=O)O)c1nn[nH]n1. The molecule has 1 aromatic heterocycles. The lowest BCUT2D eigenvalue weighted by Gasteiger charge is -2.24. The summed E-state index contributed by atoms with van der Waals surface area (Å²) in [7, 11) is 0. The fourth-order valence-corrected chi connectivity index (χ4v) is 2.81. The van der Waals surface area contributed by atoms with Crippen molar-refractivity contribution in [2.75, 3.05) is 6.54 Å². The first-order valence-corrected chi connectivity index (χ1v) is 8.96. The number of aliphatic carboxylic acids is 1. The zero-order valence-corrected chi connectivity index (χ0v) is 16.0. The molecule has 0 fully saturated rings. The molecule has 156 valence electrons. The van der Waals surface area contributed by atoms with Crippen LogP contribution >= 0.6 is 11.6 Å². The van der Waals surface area contributed by atoms with E-state index in [1.54, 1.807) is 30.3 Å². The average molecular weight is 435 g/mol. The summed E-state index contributed by atoms with van der Waals surface area (Å²) in [4.78, 5) is 23.1. The quantitative estimate of drug-likeness (QED) is 0.388. The van der Waals surface area contributed by atoms with Crippen molar-refractivity contribution >= 4 is 23.5 Å². The summed E-state index contributed by atoms with van der Waals surface area (Å²) < 4.78 is 14.7. The van der Waals surface area contributed by atoms with Gasteiger partial charge < -0.3 is 10.2 Å². The molecule has 4 N–H and O–H groups in total.